The molecule has 4 aromatic rings. The number of hydrogen-bond acceptors (Lipinski definition) is 6. The van der Waals surface area contributed by atoms with Crippen LogP contribution in [0.15, 0.2) is 42.6 Å². The van der Waals surface area contributed by atoms with Gasteiger partial charge in [-0.2, -0.15) is 10.2 Å². The van der Waals surface area contributed by atoms with E-state index in [-0.39, 0.29) is 12.4 Å². The highest BCUT2D eigenvalue weighted by Crippen LogP contribution is 2.34. The Balaban J connectivity index is 1.67. The molecule has 1 saturated carbocycles. The van der Waals surface area contributed by atoms with Gasteiger partial charge in [-0.25, -0.2) is 18.9 Å². The van der Waals surface area contributed by atoms with Crippen molar-refractivity contribution < 1.29 is 13.9 Å². The Hall–Kier alpha value is -4.21. The smallest absolute Gasteiger partial charge is 0.341 e. The highest BCUT2D eigenvalue weighted by atomic mass is 19.1. The number of aryl methyl sites for hydroxylation is 1. The number of nitrogens with zero attached hydrogens (tertiary/aromatic N) is 5. The van der Waals surface area contributed by atoms with Crippen molar-refractivity contribution in [3.05, 3.63) is 65.4 Å². The van der Waals surface area contributed by atoms with Crippen molar-refractivity contribution >= 4 is 22.8 Å². The van der Waals surface area contributed by atoms with Gasteiger partial charge < -0.3 is 15.5 Å². The number of fused-ring (bicyclic) bond motifs is 1. The number of rotatable bonds is 6. The normalized spacial score (nSPS) is 13.1. The van der Waals surface area contributed by atoms with Gasteiger partial charge in [-0.15, -0.1) is 0 Å². The molecule has 3 aromatic heterocycles. The van der Waals surface area contributed by atoms with Crippen LogP contribution in [0.25, 0.3) is 28.1 Å². The van der Waals surface area contributed by atoms with Crippen molar-refractivity contribution in [1.29, 1.82) is 0 Å². The zero-order chi connectivity index (χ0) is 25.4. The molecule has 0 aliphatic heterocycles. The average molecular weight is 490 g/mol. The fourth-order valence-electron chi connectivity index (χ4n) is 4.33. The molecule has 9 nitrogen and oxygen atoms in total. The molecule has 36 heavy (non-hydrogen) atoms. The summed E-state index contributed by atoms with van der Waals surface area (Å²) < 4.78 is 22.3. The number of ether oxygens (including phenoxy) is 1. The summed E-state index contributed by atoms with van der Waals surface area (Å²) in [4.78, 5) is 20.2. The predicted octanol–water partition coefficient (Wildman–Crippen LogP) is 4.66. The van der Waals surface area contributed by atoms with Gasteiger partial charge in [0.05, 0.1) is 23.7 Å². The van der Waals surface area contributed by atoms with Crippen LogP contribution in [-0.2, 0) is 11.3 Å². The largest absolute Gasteiger partial charge is 0.462 e. The van der Waals surface area contributed by atoms with Gasteiger partial charge in [0.25, 0.3) is 0 Å². The summed E-state index contributed by atoms with van der Waals surface area (Å²) >= 11 is 0. The summed E-state index contributed by atoms with van der Waals surface area (Å²) in [5, 5.41) is 10.1. The molecule has 0 spiro atoms. The Labute approximate surface area is 207 Å². The molecule has 5 rings (SSSR count). The van der Waals surface area contributed by atoms with Crippen LogP contribution in [0.4, 0.5) is 10.2 Å². The lowest BCUT2D eigenvalue weighted by molar-refractivity contribution is 0.0524. The highest BCUT2D eigenvalue weighted by molar-refractivity contribution is 5.92. The van der Waals surface area contributed by atoms with E-state index in [0.29, 0.717) is 40.2 Å². The average Bonchev–Trinajstić information content (AvgIpc) is 3.50. The summed E-state index contributed by atoms with van der Waals surface area (Å²) in [5.74, 6) is 0.590. The number of carbonyl (C=O) groups is 1. The van der Waals surface area contributed by atoms with Gasteiger partial charge in [0, 0.05) is 29.8 Å². The quantitative estimate of drug-likeness (QED) is 0.381. The number of benzene rings is 1. The van der Waals surface area contributed by atoms with Crippen LogP contribution in [0.3, 0.4) is 0 Å². The van der Waals surface area contributed by atoms with Crippen molar-refractivity contribution in [1.82, 2.24) is 29.5 Å². The molecule has 1 fully saturated rings. The van der Waals surface area contributed by atoms with E-state index in [0.717, 1.165) is 23.2 Å². The van der Waals surface area contributed by atoms with E-state index in [1.54, 1.807) is 49.8 Å². The molecule has 0 atom stereocenters. The summed E-state index contributed by atoms with van der Waals surface area (Å²) in [6.45, 7) is 6.34. The zero-order valence-electron chi connectivity index (χ0n) is 20.5. The molecular weight excluding hydrogens is 461 g/mol. The molecular formula is C26H28FN7O2. The van der Waals surface area contributed by atoms with E-state index in [9.17, 15) is 9.18 Å². The van der Waals surface area contributed by atoms with E-state index in [4.69, 9.17) is 15.6 Å². The van der Waals surface area contributed by atoms with Crippen molar-refractivity contribution in [2.24, 2.45) is 5.92 Å². The Bertz CT molecular complexity index is 1490. The number of nitrogens with one attached hydrogen (secondary N) is 1. The summed E-state index contributed by atoms with van der Waals surface area (Å²) in [6.07, 6.45) is 3.99. The lowest BCUT2D eigenvalue weighted by Gasteiger charge is -2.07. The first kappa shape index (κ1) is 23.5. The van der Waals surface area contributed by atoms with E-state index in [2.05, 4.69) is 15.1 Å². The van der Waals surface area contributed by atoms with Crippen molar-refractivity contribution in [2.45, 2.75) is 40.2 Å². The molecule has 3 heterocycles. The number of H-pyrrole nitrogens is 1. The third kappa shape index (κ3) is 4.53. The lowest BCUT2D eigenvalue weighted by atomic mass is 10.1. The molecule has 1 aliphatic rings. The zero-order valence-corrected chi connectivity index (χ0v) is 20.5. The molecule has 3 N–H and O–H groups in total. The van der Waals surface area contributed by atoms with Crippen LogP contribution in [0.1, 0.15) is 41.5 Å². The Morgan fingerprint density at radius 3 is 2.64 bits per heavy atom. The summed E-state index contributed by atoms with van der Waals surface area (Å²) in [5.41, 5.74) is 10.2. The van der Waals surface area contributed by atoms with E-state index in [1.165, 1.54) is 25.0 Å². The maximum absolute atomic E-state index is 13.6. The number of aromatic nitrogens is 6. The molecule has 0 bridgehead atoms. The number of aromatic amines is 1. The highest BCUT2D eigenvalue weighted by Gasteiger charge is 2.25. The third-order valence-electron chi connectivity index (χ3n) is 6.22. The summed E-state index contributed by atoms with van der Waals surface area (Å²) in [7, 11) is 0. The van der Waals surface area contributed by atoms with Crippen molar-refractivity contribution in [3.8, 4) is 17.1 Å². The van der Waals surface area contributed by atoms with Crippen molar-refractivity contribution in [2.75, 3.05) is 12.3 Å². The van der Waals surface area contributed by atoms with Gasteiger partial charge in [0.15, 0.2) is 11.5 Å². The molecule has 1 aromatic carbocycles. The first-order valence-corrected chi connectivity index (χ1v) is 11.9. The molecule has 1 aliphatic carbocycles. The van der Waals surface area contributed by atoms with Gasteiger partial charge in [-0.3, -0.25) is 4.68 Å². The minimum Gasteiger partial charge on any atom is -0.462 e. The second kappa shape index (κ2) is 9.44. The van der Waals surface area contributed by atoms with Crippen LogP contribution in [0.2, 0.25) is 0 Å². The number of carbonyl (C=O) groups excluding carboxylic acids is 1. The SMILES string of the molecule is CCOC(=O)c1c(C)nn(-c2cc(N)[nH]c3nn(CC4CC4)c(-c4ccc(F)cc4)c3ccn2)c1C. The topological polar surface area (TPSA) is 117 Å². The molecule has 10 heteroatoms. The maximum Gasteiger partial charge on any atom is 0.341 e. The van der Waals surface area contributed by atoms with Gasteiger partial charge in [-0.05, 0) is 69.9 Å². The summed E-state index contributed by atoms with van der Waals surface area (Å²) in [6, 6.07) is 9.87. The Morgan fingerprint density at radius 2 is 1.94 bits per heavy atom. The van der Waals surface area contributed by atoms with Gasteiger partial charge in [0.1, 0.15) is 17.2 Å². The second-order valence-electron chi connectivity index (χ2n) is 8.95. The minimum absolute atomic E-state index is 0.273. The number of nitrogen functional groups attached to an aromatic ring is 1. The Morgan fingerprint density at radius 1 is 1.19 bits per heavy atom. The van der Waals surface area contributed by atoms with Crippen LogP contribution in [-0.4, -0.2) is 42.1 Å². The molecule has 186 valence electrons. The van der Waals surface area contributed by atoms with E-state index in [1.807, 2.05) is 10.7 Å². The minimum atomic E-state index is -0.429. The van der Waals surface area contributed by atoms with Gasteiger partial charge in [0.2, 0.25) is 0 Å². The van der Waals surface area contributed by atoms with Gasteiger partial charge in [-0.1, -0.05) is 0 Å². The van der Waals surface area contributed by atoms with Crippen LogP contribution in [0, 0.1) is 25.6 Å². The number of nitrogens with two attached hydrogens (primary N) is 1. The molecule has 0 saturated heterocycles. The number of hydrogen-bond donors (Lipinski definition) is 2. The second-order valence-corrected chi connectivity index (χ2v) is 8.95. The number of esters is 1. The van der Waals surface area contributed by atoms with Crippen molar-refractivity contribution in [3.63, 3.8) is 0 Å². The van der Waals surface area contributed by atoms with Gasteiger partial charge >= 0.3 is 5.97 Å². The maximum atomic E-state index is 13.6. The van der Waals surface area contributed by atoms with Crippen LogP contribution < -0.4 is 5.73 Å². The van der Waals surface area contributed by atoms with E-state index < -0.39 is 5.97 Å². The van der Waals surface area contributed by atoms with E-state index >= 15 is 0 Å². The number of halogens is 1. The van der Waals surface area contributed by atoms with Crippen LogP contribution in [0.5, 0.6) is 0 Å². The fourth-order valence-corrected chi connectivity index (χ4v) is 4.33. The monoisotopic (exact) mass is 489 g/mol. The third-order valence-corrected chi connectivity index (χ3v) is 6.22. The molecule has 0 amide bonds. The fraction of sp³-hybridized carbons (Fsp3) is 0.308. The number of anilines is 1. The predicted molar refractivity (Wildman–Crippen MR) is 135 cm³/mol. The molecule has 0 radical (unpaired) electrons. The van der Waals surface area contributed by atoms with Crippen LogP contribution >= 0.6 is 0 Å². The standard InChI is InChI=1S/C26H28FN7O2/c1-4-36-26(35)23-15(2)31-34(16(23)3)22-13-21(28)30-25-20(11-12-29-22)24(18-7-9-19(27)10-8-18)33(32-25)14-17-5-6-17/h7-13,17H,4-6,14,28H2,1-3H3,(H,30,32). The lowest BCUT2D eigenvalue weighted by Crippen LogP contribution is -2.08. The first-order chi connectivity index (χ1) is 17.4. The Kier molecular flexibility index (Phi) is 6.17. The molecule has 0 unspecified atom stereocenters. The first-order valence-electron chi connectivity index (χ1n) is 11.9.